The van der Waals surface area contributed by atoms with Crippen LogP contribution in [-0.4, -0.2) is 57.7 Å². The highest BCUT2D eigenvalue weighted by Crippen LogP contribution is 2.31. The number of hydrogen-bond acceptors (Lipinski definition) is 4. The third-order valence-corrected chi connectivity index (χ3v) is 5.50. The number of carbonyl (C=O) groups is 1. The largest absolute Gasteiger partial charge is 0.497 e. The first-order valence-electron chi connectivity index (χ1n) is 11.1. The summed E-state index contributed by atoms with van der Waals surface area (Å²) >= 11 is 0. The van der Waals surface area contributed by atoms with E-state index in [0.717, 1.165) is 36.4 Å². The standard InChI is InChI=1S/C25H34N4O3.HI/c1-18(15-19-9-11-20(31-4)12-10-19)16-26-25(27-17-24(30)29(2)3)28-22-13-14-32-23-8-6-5-7-21(22)23;/h5-12,18,22H,13-17H2,1-4H3,(H2,26,27,28);1H. The number of para-hydroxylation sites is 1. The summed E-state index contributed by atoms with van der Waals surface area (Å²) in [4.78, 5) is 18.2. The Morgan fingerprint density at radius 1 is 1.21 bits per heavy atom. The minimum atomic E-state index is -0.0373. The third-order valence-electron chi connectivity index (χ3n) is 5.50. The Morgan fingerprint density at radius 2 is 1.94 bits per heavy atom. The van der Waals surface area contributed by atoms with E-state index >= 15 is 0 Å². The lowest BCUT2D eigenvalue weighted by Crippen LogP contribution is -2.43. The molecule has 2 atom stereocenters. The Balaban J connectivity index is 0.00000385. The zero-order valence-corrected chi connectivity index (χ0v) is 22.2. The summed E-state index contributed by atoms with van der Waals surface area (Å²) in [6.45, 7) is 3.68. The number of ether oxygens (including phenoxy) is 2. The first kappa shape index (κ1) is 26.8. The Kier molecular flexibility index (Phi) is 10.8. The molecule has 0 aliphatic carbocycles. The second kappa shape index (κ2) is 13.3. The molecule has 0 bridgehead atoms. The van der Waals surface area contributed by atoms with Crippen LogP contribution in [0.4, 0.5) is 0 Å². The van der Waals surface area contributed by atoms with Gasteiger partial charge in [-0.3, -0.25) is 4.79 Å². The summed E-state index contributed by atoms with van der Waals surface area (Å²) < 4.78 is 11.0. The molecular weight excluding hydrogens is 531 g/mol. The molecule has 0 saturated heterocycles. The fraction of sp³-hybridized carbons (Fsp3) is 0.440. The van der Waals surface area contributed by atoms with Gasteiger partial charge in [-0.05, 0) is 36.1 Å². The molecule has 180 valence electrons. The molecular formula is C25H35IN4O3. The predicted molar refractivity (Wildman–Crippen MR) is 143 cm³/mol. The number of rotatable bonds is 8. The van der Waals surface area contributed by atoms with Crippen molar-refractivity contribution < 1.29 is 14.3 Å². The number of guanidine groups is 1. The molecule has 0 aromatic heterocycles. The molecule has 33 heavy (non-hydrogen) atoms. The van der Waals surface area contributed by atoms with Crippen LogP contribution in [0.3, 0.4) is 0 Å². The maximum atomic E-state index is 12.1. The molecule has 2 unspecified atom stereocenters. The van der Waals surface area contributed by atoms with Crippen LogP contribution in [0.5, 0.6) is 11.5 Å². The Bertz CT molecular complexity index is 918. The highest BCUT2D eigenvalue weighted by atomic mass is 127. The van der Waals surface area contributed by atoms with Crippen LogP contribution in [0.2, 0.25) is 0 Å². The minimum absolute atomic E-state index is 0. The molecule has 1 amide bonds. The highest BCUT2D eigenvalue weighted by Gasteiger charge is 2.22. The summed E-state index contributed by atoms with van der Waals surface area (Å²) in [5.41, 5.74) is 2.37. The number of aliphatic imine (C=N–C) groups is 1. The van der Waals surface area contributed by atoms with E-state index in [0.29, 0.717) is 18.5 Å². The van der Waals surface area contributed by atoms with Crippen LogP contribution in [0.15, 0.2) is 53.5 Å². The fourth-order valence-electron chi connectivity index (χ4n) is 3.60. The molecule has 0 radical (unpaired) electrons. The molecule has 1 aliphatic heterocycles. The van der Waals surface area contributed by atoms with Crippen molar-refractivity contribution in [3.05, 3.63) is 59.7 Å². The Labute approximate surface area is 214 Å². The van der Waals surface area contributed by atoms with Crippen molar-refractivity contribution in [2.45, 2.75) is 25.8 Å². The van der Waals surface area contributed by atoms with Gasteiger partial charge in [-0.1, -0.05) is 37.3 Å². The lowest BCUT2D eigenvalue weighted by molar-refractivity contribution is -0.127. The van der Waals surface area contributed by atoms with Crippen molar-refractivity contribution in [1.29, 1.82) is 0 Å². The van der Waals surface area contributed by atoms with Gasteiger partial charge < -0.3 is 25.0 Å². The summed E-state index contributed by atoms with van der Waals surface area (Å²) in [7, 11) is 5.15. The lowest BCUT2D eigenvalue weighted by Gasteiger charge is -2.28. The minimum Gasteiger partial charge on any atom is -0.497 e. The number of fused-ring (bicyclic) bond motifs is 1. The Morgan fingerprint density at radius 3 is 2.64 bits per heavy atom. The number of nitrogens with one attached hydrogen (secondary N) is 2. The molecule has 0 spiro atoms. The summed E-state index contributed by atoms with van der Waals surface area (Å²) in [5, 5.41) is 6.95. The molecule has 2 aromatic carbocycles. The van der Waals surface area contributed by atoms with Crippen LogP contribution in [-0.2, 0) is 11.2 Å². The third kappa shape index (κ3) is 8.10. The van der Waals surface area contributed by atoms with Gasteiger partial charge in [0, 0.05) is 32.6 Å². The van der Waals surface area contributed by atoms with Crippen LogP contribution < -0.4 is 20.1 Å². The molecule has 1 aliphatic rings. The average Bonchev–Trinajstić information content (AvgIpc) is 2.81. The van der Waals surface area contributed by atoms with Crippen molar-refractivity contribution in [3.63, 3.8) is 0 Å². The number of nitrogens with zero attached hydrogens (tertiary/aromatic N) is 2. The van der Waals surface area contributed by atoms with Gasteiger partial charge in [-0.2, -0.15) is 0 Å². The first-order chi connectivity index (χ1) is 15.5. The van der Waals surface area contributed by atoms with Crippen molar-refractivity contribution in [2.24, 2.45) is 10.9 Å². The maximum absolute atomic E-state index is 12.1. The monoisotopic (exact) mass is 566 g/mol. The Hall–Kier alpha value is -2.49. The predicted octanol–water partition coefficient (Wildman–Crippen LogP) is 3.64. The fourth-order valence-corrected chi connectivity index (χ4v) is 3.60. The normalized spacial score (nSPS) is 15.9. The maximum Gasteiger partial charge on any atom is 0.243 e. The van der Waals surface area contributed by atoms with E-state index in [2.05, 4.69) is 40.7 Å². The zero-order chi connectivity index (χ0) is 22.9. The summed E-state index contributed by atoms with van der Waals surface area (Å²) in [5.74, 6) is 2.74. The second-order valence-corrected chi connectivity index (χ2v) is 8.36. The van der Waals surface area contributed by atoms with E-state index in [1.54, 1.807) is 26.1 Å². The topological polar surface area (TPSA) is 75.2 Å². The molecule has 7 nitrogen and oxygen atoms in total. The summed E-state index contributed by atoms with van der Waals surface area (Å²) in [6, 6.07) is 16.3. The number of methoxy groups -OCH3 is 1. The van der Waals surface area contributed by atoms with Gasteiger partial charge in [-0.25, -0.2) is 4.99 Å². The lowest BCUT2D eigenvalue weighted by atomic mass is 10.0. The van der Waals surface area contributed by atoms with E-state index < -0.39 is 0 Å². The van der Waals surface area contributed by atoms with Crippen LogP contribution >= 0.6 is 24.0 Å². The molecule has 3 rings (SSSR count). The van der Waals surface area contributed by atoms with Crippen LogP contribution in [0.1, 0.15) is 30.5 Å². The number of halogens is 1. The molecule has 0 fully saturated rings. The van der Waals surface area contributed by atoms with Crippen molar-refractivity contribution in [2.75, 3.05) is 40.9 Å². The van der Waals surface area contributed by atoms with Crippen LogP contribution in [0.25, 0.3) is 0 Å². The summed E-state index contributed by atoms with van der Waals surface area (Å²) in [6.07, 6.45) is 1.77. The van der Waals surface area contributed by atoms with Crippen LogP contribution in [0, 0.1) is 5.92 Å². The van der Waals surface area contributed by atoms with Gasteiger partial charge in [0.25, 0.3) is 0 Å². The molecule has 2 aromatic rings. The van der Waals surface area contributed by atoms with Crippen molar-refractivity contribution in [3.8, 4) is 11.5 Å². The van der Waals surface area contributed by atoms with Gasteiger partial charge in [0.05, 0.1) is 19.8 Å². The highest BCUT2D eigenvalue weighted by molar-refractivity contribution is 14.0. The van der Waals surface area contributed by atoms with Crippen molar-refractivity contribution >= 4 is 35.8 Å². The number of benzene rings is 2. The SMILES string of the molecule is COc1ccc(CC(C)CNC(=NCC(=O)N(C)C)NC2CCOc3ccccc32)cc1.I. The smallest absolute Gasteiger partial charge is 0.243 e. The second-order valence-electron chi connectivity index (χ2n) is 8.36. The van der Waals surface area contributed by atoms with E-state index in [-0.39, 0.29) is 42.5 Å². The molecule has 2 N–H and O–H groups in total. The molecule has 1 heterocycles. The number of likely N-dealkylation sites (N-methyl/N-ethyl adjacent to an activating group) is 1. The number of amides is 1. The van der Waals surface area contributed by atoms with Gasteiger partial charge in [-0.15, -0.1) is 24.0 Å². The van der Waals surface area contributed by atoms with E-state index in [1.807, 2.05) is 30.3 Å². The molecule has 8 heteroatoms. The average molecular weight is 566 g/mol. The van der Waals surface area contributed by atoms with E-state index in [4.69, 9.17) is 9.47 Å². The zero-order valence-electron chi connectivity index (χ0n) is 19.8. The van der Waals surface area contributed by atoms with Crippen molar-refractivity contribution in [1.82, 2.24) is 15.5 Å². The van der Waals surface area contributed by atoms with Gasteiger partial charge >= 0.3 is 0 Å². The molecule has 0 saturated carbocycles. The van der Waals surface area contributed by atoms with E-state index in [9.17, 15) is 4.79 Å². The number of carbonyl (C=O) groups excluding carboxylic acids is 1. The van der Waals surface area contributed by atoms with Gasteiger partial charge in [0.2, 0.25) is 5.91 Å². The van der Waals surface area contributed by atoms with Gasteiger partial charge in [0.15, 0.2) is 5.96 Å². The van der Waals surface area contributed by atoms with E-state index in [1.165, 1.54) is 5.56 Å². The van der Waals surface area contributed by atoms with Gasteiger partial charge in [0.1, 0.15) is 18.0 Å². The quantitative estimate of drug-likeness (QED) is 0.290. The number of hydrogen-bond donors (Lipinski definition) is 2. The first-order valence-corrected chi connectivity index (χ1v) is 11.1.